The van der Waals surface area contributed by atoms with E-state index in [1.165, 1.54) is 9.88 Å². The summed E-state index contributed by atoms with van der Waals surface area (Å²) in [5.74, 6) is 0. The molecule has 0 aliphatic carbocycles. The van der Waals surface area contributed by atoms with E-state index < -0.39 is 0 Å². The zero-order chi connectivity index (χ0) is 10.9. The molecule has 0 unspecified atom stereocenters. The second kappa shape index (κ2) is 7.79. The Morgan fingerprint density at radius 2 is 2.33 bits per heavy atom. The molecule has 0 aromatic carbocycles. The van der Waals surface area contributed by atoms with E-state index in [4.69, 9.17) is 4.74 Å². The van der Waals surface area contributed by atoms with Crippen molar-refractivity contribution in [1.29, 1.82) is 0 Å². The minimum atomic E-state index is 0.814. The Labute approximate surface area is 95.9 Å². The maximum Gasteiger partial charge on any atom is 0.0925 e. The van der Waals surface area contributed by atoms with Gasteiger partial charge in [-0.15, -0.1) is 11.3 Å². The van der Waals surface area contributed by atoms with Crippen molar-refractivity contribution in [3.8, 4) is 0 Å². The van der Waals surface area contributed by atoms with Crippen molar-refractivity contribution in [2.45, 2.75) is 33.2 Å². The molecule has 0 amide bonds. The predicted octanol–water partition coefficient (Wildman–Crippen LogP) is 2.22. The van der Waals surface area contributed by atoms with E-state index >= 15 is 0 Å². The third kappa shape index (κ3) is 5.25. The molecule has 1 aromatic heterocycles. The van der Waals surface area contributed by atoms with Crippen LogP contribution in [0.1, 0.15) is 30.2 Å². The molecule has 0 aliphatic heterocycles. The molecule has 0 atom stereocenters. The smallest absolute Gasteiger partial charge is 0.0925 e. The number of aryl methyl sites for hydroxylation is 1. The van der Waals surface area contributed by atoms with Gasteiger partial charge >= 0.3 is 0 Å². The number of rotatable bonds is 8. The molecule has 0 spiro atoms. The summed E-state index contributed by atoms with van der Waals surface area (Å²) in [6.07, 6.45) is 4.08. The van der Waals surface area contributed by atoms with Gasteiger partial charge in [0.2, 0.25) is 0 Å². The molecule has 15 heavy (non-hydrogen) atoms. The lowest BCUT2D eigenvalue weighted by molar-refractivity contribution is 0.144. The van der Waals surface area contributed by atoms with Crippen LogP contribution in [0, 0.1) is 0 Å². The van der Waals surface area contributed by atoms with Crippen molar-refractivity contribution in [1.82, 2.24) is 10.3 Å². The topological polar surface area (TPSA) is 34.1 Å². The number of hydrogen-bond acceptors (Lipinski definition) is 4. The summed E-state index contributed by atoms with van der Waals surface area (Å²) in [5, 5.41) is 4.61. The molecule has 0 aliphatic rings. The number of hydrogen-bond donors (Lipinski definition) is 1. The summed E-state index contributed by atoms with van der Waals surface area (Å²) in [6, 6.07) is 0. The molecule has 0 fully saturated rings. The molecule has 0 saturated heterocycles. The van der Waals surface area contributed by atoms with E-state index in [0.717, 1.165) is 39.1 Å². The first-order valence-corrected chi connectivity index (χ1v) is 6.40. The van der Waals surface area contributed by atoms with Crippen LogP contribution in [0.2, 0.25) is 0 Å². The van der Waals surface area contributed by atoms with Crippen molar-refractivity contribution >= 4 is 11.3 Å². The Morgan fingerprint density at radius 3 is 3.00 bits per heavy atom. The lowest BCUT2D eigenvalue weighted by atomic mass is 10.4. The average Bonchev–Trinajstić information content (AvgIpc) is 2.71. The second-order valence-electron chi connectivity index (χ2n) is 3.30. The van der Waals surface area contributed by atoms with Crippen LogP contribution in [-0.4, -0.2) is 24.7 Å². The van der Waals surface area contributed by atoms with Crippen molar-refractivity contribution < 1.29 is 4.74 Å². The maximum absolute atomic E-state index is 5.26. The van der Waals surface area contributed by atoms with Gasteiger partial charge in [0.05, 0.1) is 5.01 Å². The SMILES string of the molecule is CCOCCCNCc1cnc(CC)s1. The molecule has 0 radical (unpaired) electrons. The van der Waals surface area contributed by atoms with Crippen LogP contribution in [0.5, 0.6) is 0 Å². The predicted molar refractivity (Wildman–Crippen MR) is 64.3 cm³/mol. The van der Waals surface area contributed by atoms with E-state index in [-0.39, 0.29) is 0 Å². The lowest BCUT2D eigenvalue weighted by Gasteiger charge is -2.02. The average molecular weight is 228 g/mol. The molecule has 86 valence electrons. The number of nitrogens with zero attached hydrogens (tertiary/aromatic N) is 1. The van der Waals surface area contributed by atoms with Gasteiger partial charge in [-0.2, -0.15) is 0 Å². The summed E-state index contributed by atoms with van der Waals surface area (Å²) < 4.78 is 5.26. The van der Waals surface area contributed by atoms with Gasteiger partial charge in [-0.05, 0) is 26.3 Å². The van der Waals surface area contributed by atoms with E-state index in [1.54, 1.807) is 11.3 Å². The van der Waals surface area contributed by atoms with E-state index in [1.807, 2.05) is 13.1 Å². The van der Waals surface area contributed by atoms with Crippen LogP contribution < -0.4 is 5.32 Å². The Balaban J connectivity index is 2.04. The third-order valence-electron chi connectivity index (χ3n) is 2.05. The van der Waals surface area contributed by atoms with Crippen LogP contribution in [0.25, 0.3) is 0 Å². The summed E-state index contributed by atoms with van der Waals surface area (Å²) in [6.45, 7) is 7.78. The minimum absolute atomic E-state index is 0.814. The zero-order valence-electron chi connectivity index (χ0n) is 9.58. The summed E-state index contributed by atoms with van der Waals surface area (Å²) in [5.41, 5.74) is 0. The van der Waals surface area contributed by atoms with E-state index in [9.17, 15) is 0 Å². The monoisotopic (exact) mass is 228 g/mol. The normalized spacial score (nSPS) is 10.8. The maximum atomic E-state index is 5.26. The Bertz CT molecular complexity index is 263. The molecule has 1 rings (SSSR count). The van der Waals surface area contributed by atoms with Crippen LogP contribution in [0.15, 0.2) is 6.20 Å². The van der Waals surface area contributed by atoms with Crippen LogP contribution >= 0.6 is 11.3 Å². The largest absolute Gasteiger partial charge is 0.382 e. The van der Waals surface area contributed by atoms with Gasteiger partial charge in [0.15, 0.2) is 0 Å². The highest BCUT2D eigenvalue weighted by atomic mass is 32.1. The molecular formula is C11H20N2OS. The minimum Gasteiger partial charge on any atom is -0.382 e. The van der Waals surface area contributed by atoms with Gasteiger partial charge in [-0.25, -0.2) is 4.98 Å². The molecular weight excluding hydrogens is 208 g/mol. The van der Waals surface area contributed by atoms with Crippen LogP contribution in [0.4, 0.5) is 0 Å². The number of nitrogens with one attached hydrogen (secondary N) is 1. The summed E-state index contributed by atoms with van der Waals surface area (Å²) in [4.78, 5) is 5.64. The van der Waals surface area contributed by atoms with Crippen molar-refractivity contribution in [3.63, 3.8) is 0 Å². The fraction of sp³-hybridized carbons (Fsp3) is 0.727. The van der Waals surface area contributed by atoms with Crippen LogP contribution in [0.3, 0.4) is 0 Å². The van der Waals surface area contributed by atoms with Gasteiger partial charge in [0.25, 0.3) is 0 Å². The van der Waals surface area contributed by atoms with Crippen molar-refractivity contribution in [3.05, 3.63) is 16.1 Å². The summed E-state index contributed by atoms with van der Waals surface area (Å²) >= 11 is 1.80. The fourth-order valence-corrected chi connectivity index (χ4v) is 2.08. The Hall–Kier alpha value is -0.450. The standard InChI is InChI=1S/C11H20N2OS/c1-3-11-13-9-10(15-11)8-12-6-5-7-14-4-2/h9,12H,3-8H2,1-2H3. The first-order valence-electron chi connectivity index (χ1n) is 5.58. The van der Waals surface area contributed by atoms with Crippen LogP contribution in [-0.2, 0) is 17.7 Å². The first-order chi connectivity index (χ1) is 7.36. The summed E-state index contributed by atoms with van der Waals surface area (Å²) in [7, 11) is 0. The van der Waals surface area contributed by atoms with Gasteiger partial charge in [0.1, 0.15) is 0 Å². The molecule has 3 nitrogen and oxygen atoms in total. The lowest BCUT2D eigenvalue weighted by Crippen LogP contribution is -2.15. The number of thiazole rings is 1. The molecule has 0 saturated carbocycles. The number of aromatic nitrogens is 1. The first kappa shape index (κ1) is 12.6. The quantitative estimate of drug-likeness (QED) is 0.693. The Kier molecular flexibility index (Phi) is 6.55. The zero-order valence-corrected chi connectivity index (χ0v) is 10.4. The highest BCUT2D eigenvalue weighted by Crippen LogP contribution is 2.12. The Morgan fingerprint density at radius 1 is 1.47 bits per heavy atom. The highest BCUT2D eigenvalue weighted by Gasteiger charge is 1.98. The van der Waals surface area contributed by atoms with Gasteiger partial charge in [0, 0.05) is 30.8 Å². The van der Waals surface area contributed by atoms with Gasteiger partial charge < -0.3 is 10.1 Å². The van der Waals surface area contributed by atoms with Gasteiger partial charge in [-0.1, -0.05) is 6.92 Å². The number of ether oxygens (including phenoxy) is 1. The fourth-order valence-electron chi connectivity index (χ4n) is 1.25. The molecule has 4 heteroatoms. The van der Waals surface area contributed by atoms with E-state index in [0.29, 0.717) is 0 Å². The second-order valence-corrected chi connectivity index (χ2v) is 4.50. The van der Waals surface area contributed by atoms with Crippen molar-refractivity contribution in [2.75, 3.05) is 19.8 Å². The highest BCUT2D eigenvalue weighted by molar-refractivity contribution is 7.11. The third-order valence-corrected chi connectivity index (χ3v) is 3.19. The molecule has 0 bridgehead atoms. The molecule has 1 heterocycles. The van der Waals surface area contributed by atoms with E-state index in [2.05, 4.69) is 17.2 Å². The van der Waals surface area contributed by atoms with Gasteiger partial charge in [-0.3, -0.25) is 0 Å². The van der Waals surface area contributed by atoms with Crippen molar-refractivity contribution in [2.24, 2.45) is 0 Å². The molecule has 1 aromatic rings. The molecule has 1 N–H and O–H groups in total.